The van der Waals surface area contributed by atoms with Crippen molar-refractivity contribution in [3.63, 3.8) is 0 Å². The molecule has 4 nitrogen and oxygen atoms in total. The Morgan fingerprint density at radius 2 is 1.42 bits per heavy atom. The summed E-state index contributed by atoms with van der Waals surface area (Å²) < 4.78 is 6.21. The number of fused-ring (bicyclic) bond motifs is 1. The van der Waals surface area contributed by atoms with Crippen LogP contribution in [0.2, 0.25) is 0 Å². The molecule has 2 heterocycles. The molecule has 2 atom stereocenters. The second-order valence-corrected chi connectivity index (χ2v) is 12.0. The number of nitrogens with one attached hydrogen (secondary N) is 1. The van der Waals surface area contributed by atoms with E-state index in [1.54, 1.807) is 0 Å². The van der Waals surface area contributed by atoms with E-state index >= 15 is 0 Å². The lowest BCUT2D eigenvalue weighted by molar-refractivity contribution is 0.470. The molecule has 1 aliphatic heterocycles. The van der Waals surface area contributed by atoms with Crippen molar-refractivity contribution in [3.05, 3.63) is 155 Å². The maximum atomic E-state index is 6.21. The van der Waals surface area contributed by atoms with Crippen molar-refractivity contribution in [2.45, 2.75) is 38.3 Å². The van der Waals surface area contributed by atoms with E-state index in [0.717, 1.165) is 59.8 Å². The highest BCUT2D eigenvalue weighted by Gasteiger charge is 2.26. The van der Waals surface area contributed by atoms with Crippen molar-refractivity contribution in [2.24, 2.45) is 10.9 Å². The Balaban J connectivity index is 1.12. The van der Waals surface area contributed by atoms with E-state index in [0.29, 0.717) is 11.8 Å². The van der Waals surface area contributed by atoms with Crippen LogP contribution in [0.5, 0.6) is 0 Å². The van der Waals surface area contributed by atoms with Gasteiger partial charge in [0.15, 0.2) is 5.42 Å². The van der Waals surface area contributed by atoms with E-state index in [2.05, 4.69) is 121 Å². The van der Waals surface area contributed by atoms with Crippen molar-refractivity contribution in [2.75, 3.05) is 0 Å². The molecule has 2 unspecified atom stereocenters. The van der Waals surface area contributed by atoms with E-state index in [4.69, 9.17) is 14.4 Å². The van der Waals surface area contributed by atoms with Crippen LogP contribution in [-0.4, -0.2) is 16.9 Å². The van der Waals surface area contributed by atoms with Gasteiger partial charge in [-0.2, -0.15) is 0 Å². The van der Waals surface area contributed by atoms with E-state index in [-0.39, 0.29) is 6.17 Å². The Morgan fingerprint density at radius 3 is 2.16 bits per heavy atom. The third-order valence-corrected chi connectivity index (χ3v) is 9.13. The quantitative estimate of drug-likeness (QED) is 0.250. The molecule has 0 radical (unpaired) electrons. The number of hydrogen-bond donors (Lipinski definition) is 1. The van der Waals surface area contributed by atoms with Gasteiger partial charge < -0.3 is 9.73 Å². The summed E-state index contributed by atoms with van der Waals surface area (Å²) in [5, 5.41) is 4.78. The van der Waals surface area contributed by atoms with Crippen LogP contribution >= 0.6 is 0 Å². The molecule has 4 heteroatoms. The Labute approximate surface area is 264 Å². The van der Waals surface area contributed by atoms with Crippen LogP contribution in [0.15, 0.2) is 148 Å². The normalized spacial score (nSPS) is 20.7. The molecule has 45 heavy (non-hydrogen) atoms. The summed E-state index contributed by atoms with van der Waals surface area (Å²) in [6, 6.07) is 29.6. The summed E-state index contributed by atoms with van der Waals surface area (Å²) in [6.45, 7) is 0. The maximum Gasteiger partial charge on any atom is 0.227 e. The lowest BCUT2D eigenvalue weighted by Gasteiger charge is -2.30. The van der Waals surface area contributed by atoms with Crippen molar-refractivity contribution >= 4 is 23.1 Å². The van der Waals surface area contributed by atoms with Gasteiger partial charge >= 0.3 is 0 Å². The standard InChI is InChI=1S/C41H35N3O/c1-4-11-28(12-5-1)29-19-23-31(24-20-29)36-27-37(43-40(42-36)33-13-6-2-7-14-33)32-25-21-30(22-26-32)35-17-10-18-38-39(35)44-41(45-38)34-15-8-3-9-16-34/h1-9,11-13,15-16,18-21,23-25,27,33,40,42H,10,14,17,22,26H2. The average Bonchev–Trinajstić information content (AvgIpc) is 3.58. The van der Waals surface area contributed by atoms with Crippen LogP contribution in [0.3, 0.4) is 0 Å². The molecule has 3 aromatic carbocycles. The van der Waals surface area contributed by atoms with Gasteiger partial charge in [0, 0.05) is 17.2 Å². The predicted molar refractivity (Wildman–Crippen MR) is 184 cm³/mol. The number of rotatable bonds is 6. The first-order valence-electron chi connectivity index (χ1n) is 16.0. The molecular weight excluding hydrogens is 550 g/mol. The smallest absolute Gasteiger partial charge is 0.227 e. The second kappa shape index (κ2) is 12.0. The Hall–Kier alpha value is -5.22. The minimum absolute atomic E-state index is 0.0152. The average molecular weight is 586 g/mol. The van der Waals surface area contributed by atoms with Gasteiger partial charge in [-0.1, -0.05) is 109 Å². The number of benzene rings is 3. The number of oxazole rings is 1. The SMILES string of the molecule is C1=CCC(C2N=C(C3=CC=C(C4=c5nc(-c6ccccc6)oc5=CCC4)CC3)C=C(c3ccc(-c4ccccc4)cc3)N2)C=C1. The van der Waals surface area contributed by atoms with Crippen LogP contribution in [0.25, 0.3) is 39.9 Å². The molecule has 1 N–H and O–H groups in total. The van der Waals surface area contributed by atoms with E-state index in [1.165, 1.54) is 33.4 Å². The Bertz CT molecular complexity index is 2040. The van der Waals surface area contributed by atoms with Gasteiger partial charge in [0.05, 0.1) is 5.71 Å². The highest BCUT2D eigenvalue weighted by Crippen LogP contribution is 2.32. The lowest BCUT2D eigenvalue weighted by atomic mass is 9.87. The molecule has 0 saturated heterocycles. The molecule has 0 amide bonds. The van der Waals surface area contributed by atoms with Crippen molar-refractivity contribution < 1.29 is 4.42 Å². The van der Waals surface area contributed by atoms with Gasteiger partial charge in [0.25, 0.3) is 0 Å². The molecule has 4 aliphatic rings. The second-order valence-electron chi connectivity index (χ2n) is 12.0. The van der Waals surface area contributed by atoms with Crippen LogP contribution < -0.4 is 16.1 Å². The van der Waals surface area contributed by atoms with Crippen LogP contribution in [0.1, 0.15) is 37.7 Å². The number of nitrogens with zero attached hydrogens (tertiary/aromatic N) is 2. The molecule has 3 aliphatic carbocycles. The maximum absolute atomic E-state index is 6.21. The molecule has 8 rings (SSSR count). The molecular formula is C41H35N3O. The summed E-state index contributed by atoms with van der Waals surface area (Å²) in [5.74, 6) is 1.01. The van der Waals surface area contributed by atoms with Crippen LogP contribution in [0, 0.1) is 5.92 Å². The number of aromatic nitrogens is 1. The summed E-state index contributed by atoms with van der Waals surface area (Å²) in [4.78, 5) is 10.3. The zero-order chi connectivity index (χ0) is 30.0. The summed E-state index contributed by atoms with van der Waals surface area (Å²) in [5.41, 5.74) is 11.7. The summed E-state index contributed by atoms with van der Waals surface area (Å²) >= 11 is 0. The zero-order valence-electron chi connectivity index (χ0n) is 25.2. The number of allylic oxidation sites excluding steroid dienone is 8. The minimum Gasteiger partial charge on any atom is -0.436 e. The lowest BCUT2D eigenvalue weighted by Crippen LogP contribution is -2.37. The van der Waals surface area contributed by atoms with Gasteiger partial charge in [0.2, 0.25) is 5.89 Å². The highest BCUT2D eigenvalue weighted by molar-refractivity contribution is 6.13. The third kappa shape index (κ3) is 5.60. The molecule has 220 valence electrons. The van der Waals surface area contributed by atoms with Gasteiger partial charge in [-0.25, -0.2) is 4.98 Å². The van der Waals surface area contributed by atoms with Crippen molar-refractivity contribution in [3.8, 4) is 22.6 Å². The third-order valence-electron chi connectivity index (χ3n) is 9.13. The molecule has 4 aromatic rings. The molecule has 0 spiro atoms. The number of hydrogen-bond acceptors (Lipinski definition) is 4. The first-order chi connectivity index (χ1) is 22.3. The largest absolute Gasteiger partial charge is 0.436 e. The van der Waals surface area contributed by atoms with Crippen LogP contribution in [0.4, 0.5) is 0 Å². The highest BCUT2D eigenvalue weighted by atomic mass is 16.3. The van der Waals surface area contributed by atoms with Gasteiger partial charge in [-0.15, -0.1) is 0 Å². The predicted octanol–water partition coefficient (Wildman–Crippen LogP) is 7.92. The first-order valence-corrected chi connectivity index (χ1v) is 16.0. The fraction of sp³-hybridized carbons (Fsp3) is 0.171. The van der Waals surface area contributed by atoms with Gasteiger partial charge in [0.1, 0.15) is 11.5 Å². The summed E-state index contributed by atoms with van der Waals surface area (Å²) in [7, 11) is 0. The van der Waals surface area contributed by atoms with Gasteiger partial charge in [-0.05, 0) is 89.8 Å². The Morgan fingerprint density at radius 1 is 0.711 bits per heavy atom. The van der Waals surface area contributed by atoms with E-state index < -0.39 is 0 Å². The molecule has 0 bridgehead atoms. The van der Waals surface area contributed by atoms with E-state index in [9.17, 15) is 0 Å². The first kappa shape index (κ1) is 27.3. The van der Waals surface area contributed by atoms with Crippen molar-refractivity contribution in [1.29, 1.82) is 0 Å². The van der Waals surface area contributed by atoms with Gasteiger partial charge in [-0.3, -0.25) is 4.99 Å². The summed E-state index contributed by atoms with van der Waals surface area (Å²) in [6.07, 6.45) is 22.6. The molecule has 0 saturated carbocycles. The van der Waals surface area contributed by atoms with E-state index in [1.807, 2.05) is 18.2 Å². The number of aliphatic imine (C=N–C) groups is 1. The topological polar surface area (TPSA) is 50.4 Å². The van der Waals surface area contributed by atoms with Crippen LogP contribution in [-0.2, 0) is 0 Å². The minimum atomic E-state index is -0.0152. The van der Waals surface area contributed by atoms with Crippen molar-refractivity contribution in [1.82, 2.24) is 10.3 Å². The Kier molecular flexibility index (Phi) is 7.32. The molecule has 0 fully saturated rings. The fourth-order valence-corrected chi connectivity index (χ4v) is 6.68. The fourth-order valence-electron chi connectivity index (χ4n) is 6.68. The zero-order valence-corrected chi connectivity index (χ0v) is 25.2. The monoisotopic (exact) mass is 585 g/mol. The molecule has 1 aromatic heterocycles.